The van der Waals surface area contributed by atoms with E-state index in [0.717, 1.165) is 19.3 Å². The Kier molecular flexibility index (Phi) is 4.09. The number of nitrogens with one attached hydrogen (secondary N) is 1. The minimum atomic E-state index is -0.203. The van der Waals surface area contributed by atoms with Gasteiger partial charge in [-0.3, -0.25) is 4.79 Å². The SMILES string of the molecule is Nc1ccc(C(=O)NC2CCCC2CO)c(Cl)c1. The highest BCUT2D eigenvalue weighted by molar-refractivity contribution is 6.34. The largest absolute Gasteiger partial charge is 0.399 e. The van der Waals surface area contributed by atoms with Gasteiger partial charge in [0, 0.05) is 24.3 Å². The molecule has 0 saturated heterocycles. The minimum Gasteiger partial charge on any atom is -0.399 e. The van der Waals surface area contributed by atoms with Crippen molar-refractivity contribution in [1.29, 1.82) is 0 Å². The number of carbonyl (C=O) groups is 1. The van der Waals surface area contributed by atoms with Crippen LogP contribution in [0.4, 0.5) is 5.69 Å². The van der Waals surface area contributed by atoms with E-state index in [4.69, 9.17) is 17.3 Å². The lowest BCUT2D eigenvalue weighted by Gasteiger charge is -2.19. The summed E-state index contributed by atoms with van der Waals surface area (Å²) < 4.78 is 0. The molecule has 1 aromatic carbocycles. The Morgan fingerprint density at radius 3 is 2.94 bits per heavy atom. The lowest BCUT2D eigenvalue weighted by Crippen LogP contribution is -2.38. The molecular weight excluding hydrogens is 252 g/mol. The van der Waals surface area contributed by atoms with Crippen molar-refractivity contribution in [3.8, 4) is 0 Å². The number of hydrogen-bond donors (Lipinski definition) is 3. The van der Waals surface area contributed by atoms with Crippen LogP contribution in [-0.2, 0) is 0 Å². The Morgan fingerprint density at radius 2 is 2.28 bits per heavy atom. The number of aliphatic hydroxyl groups is 1. The first-order valence-electron chi connectivity index (χ1n) is 6.08. The Labute approximate surface area is 111 Å². The van der Waals surface area contributed by atoms with Gasteiger partial charge in [0.2, 0.25) is 0 Å². The lowest BCUT2D eigenvalue weighted by atomic mass is 10.0. The molecule has 1 amide bonds. The van der Waals surface area contributed by atoms with Gasteiger partial charge >= 0.3 is 0 Å². The number of nitrogen functional groups attached to an aromatic ring is 1. The zero-order valence-electron chi connectivity index (χ0n) is 10.0. The van der Waals surface area contributed by atoms with E-state index in [2.05, 4.69) is 5.32 Å². The maximum atomic E-state index is 12.1. The second-order valence-corrected chi connectivity index (χ2v) is 5.10. The van der Waals surface area contributed by atoms with Gasteiger partial charge in [-0.25, -0.2) is 0 Å². The first-order chi connectivity index (χ1) is 8.61. The van der Waals surface area contributed by atoms with Gasteiger partial charge in [0.15, 0.2) is 0 Å². The molecule has 0 heterocycles. The Hall–Kier alpha value is -1.26. The molecule has 98 valence electrons. The molecule has 5 heteroatoms. The number of nitrogens with two attached hydrogens (primary N) is 1. The maximum Gasteiger partial charge on any atom is 0.253 e. The van der Waals surface area contributed by atoms with Crippen molar-refractivity contribution in [3.05, 3.63) is 28.8 Å². The van der Waals surface area contributed by atoms with Crippen molar-refractivity contribution < 1.29 is 9.90 Å². The summed E-state index contributed by atoms with van der Waals surface area (Å²) >= 11 is 5.99. The van der Waals surface area contributed by atoms with Crippen LogP contribution in [0, 0.1) is 5.92 Å². The van der Waals surface area contributed by atoms with Crippen molar-refractivity contribution >= 4 is 23.2 Å². The van der Waals surface area contributed by atoms with Gasteiger partial charge in [-0.05, 0) is 31.0 Å². The summed E-state index contributed by atoms with van der Waals surface area (Å²) in [6.45, 7) is 0.112. The molecule has 4 N–H and O–H groups in total. The molecule has 2 atom stereocenters. The second-order valence-electron chi connectivity index (χ2n) is 4.69. The summed E-state index contributed by atoms with van der Waals surface area (Å²) in [6, 6.07) is 4.87. The number of hydrogen-bond acceptors (Lipinski definition) is 3. The third-order valence-electron chi connectivity index (χ3n) is 3.45. The number of amides is 1. The van der Waals surface area contributed by atoms with Crippen LogP contribution in [-0.4, -0.2) is 23.7 Å². The van der Waals surface area contributed by atoms with Crippen molar-refractivity contribution in [2.75, 3.05) is 12.3 Å². The van der Waals surface area contributed by atoms with E-state index in [0.29, 0.717) is 16.3 Å². The zero-order chi connectivity index (χ0) is 13.1. The summed E-state index contributed by atoms with van der Waals surface area (Å²) in [5.74, 6) is -0.0492. The fraction of sp³-hybridized carbons (Fsp3) is 0.462. The topological polar surface area (TPSA) is 75.4 Å². The summed E-state index contributed by atoms with van der Waals surface area (Å²) in [4.78, 5) is 12.1. The van der Waals surface area contributed by atoms with Crippen molar-refractivity contribution in [2.24, 2.45) is 5.92 Å². The lowest BCUT2D eigenvalue weighted by molar-refractivity contribution is 0.0916. The van der Waals surface area contributed by atoms with Crippen LogP contribution in [0.2, 0.25) is 5.02 Å². The third-order valence-corrected chi connectivity index (χ3v) is 3.76. The number of carbonyl (C=O) groups excluding carboxylic acids is 1. The van der Waals surface area contributed by atoms with Crippen LogP contribution in [0.25, 0.3) is 0 Å². The molecule has 18 heavy (non-hydrogen) atoms. The van der Waals surface area contributed by atoms with Gasteiger partial charge in [0.1, 0.15) is 0 Å². The smallest absolute Gasteiger partial charge is 0.253 e. The van der Waals surface area contributed by atoms with Crippen LogP contribution >= 0.6 is 11.6 Å². The van der Waals surface area contributed by atoms with Gasteiger partial charge in [-0.2, -0.15) is 0 Å². The molecule has 0 aliphatic heterocycles. The predicted molar refractivity (Wildman–Crippen MR) is 71.5 cm³/mol. The number of aliphatic hydroxyl groups excluding tert-OH is 1. The average Bonchev–Trinajstić information content (AvgIpc) is 2.76. The standard InChI is InChI=1S/C13H17ClN2O2/c14-11-6-9(15)4-5-10(11)13(18)16-12-3-1-2-8(12)7-17/h4-6,8,12,17H,1-3,7,15H2,(H,16,18). The molecule has 1 aliphatic carbocycles. The van der Waals surface area contributed by atoms with Crippen molar-refractivity contribution in [1.82, 2.24) is 5.32 Å². The van der Waals surface area contributed by atoms with E-state index in [-0.39, 0.29) is 24.5 Å². The number of halogens is 1. The van der Waals surface area contributed by atoms with E-state index in [1.165, 1.54) is 0 Å². The summed E-state index contributed by atoms with van der Waals surface area (Å²) in [5.41, 5.74) is 6.54. The Balaban J connectivity index is 2.07. The first-order valence-corrected chi connectivity index (χ1v) is 6.46. The Morgan fingerprint density at radius 1 is 1.50 bits per heavy atom. The van der Waals surface area contributed by atoms with Crippen LogP contribution in [0.15, 0.2) is 18.2 Å². The molecule has 2 unspecified atom stereocenters. The highest BCUT2D eigenvalue weighted by Crippen LogP contribution is 2.26. The number of benzene rings is 1. The van der Waals surface area contributed by atoms with E-state index < -0.39 is 0 Å². The van der Waals surface area contributed by atoms with Crippen LogP contribution in [0.3, 0.4) is 0 Å². The van der Waals surface area contributed by atoms with Crippen molar-refractivity contribution in [2.45, 2.75) is 25.3 Å². The van der Waals surface area contributed by atoms with E-state index >= 15 is 0 Å². The fourth-order valence-corrected chi connectivity index (χ4v) is 2.68. The van der Waals surface area contributed by atoms with Gasteiger partial charge in [-0.1, -0.05) is 18.0 Å². The third kappa shape index (κ3) is 2.76. The minimum absolute atomic E-state index is 0.0381. The summed E-state index contributed by atoms with van der Waals surface area (Å²) in [5, 5.41) is 12.5. The normalized spacial score (nSPS) is 23.0. The molecule has 0 bridgehead atoms. The van der Waals surface area contributed by atoms with Crippen LogP contribution < -0.4 is 11.1 Å². The second kappa shape index (κ2) is 5.59. The van der Waals surface area contributed by atoms with Crippen LogP contribution in [0.1, 0.15) is 29.6 Å². The highest BCUT2D eigenvalue weighted by atomic mass is 35.5. The molecule has 0 spiro atoms. The zero-order valence-corrected chi connectivity index (χ0v) is 10.8. The molecule has 1 aromatic rings. The Bertz CT molecular complexity index is 451. The molecule has 1 aliphatic rings. The number of rotatable bonds is 3. The van der Waals surface area contributed by atoms with Gasteiger partial charge in [0.05, 0.1) is 10.6 Å². The van der Waals surface area contributed by atoms with E-state index in [9.17, 15) is 9.90 Å². The summed E-state index contributed by atoms with van der Waals surface area (Å²) in [7, 11) is 0. The van der Waals surface area contributed by atoms with E-state index in [1.807, 2.05) is 0 Å². The monoisotopic (exact) mass is 268 g/mol. The molecule has 1 saturated carbocycles. The molecular formula is C13H17ClN2O2. The van der Waals surface area contributed by atoms with Gasteiger partial charge in [-0.15, -0.1) is 0 Å². The quantitative estimate of drug-likeness (QED) is 0.732. The predicted octanol–water partition coefficient (Wildman–Crippen LogP) is 1.81. The molecule has 2 rings (SSSR count). The van der Waals surface area contributed by atoms with Crippen LogP contribution in [0.5, 0.6) is 0 Å². The molecule has 1 fully saturated rings. The van der Waals surface area contributed by atoms with Gasteiger partial charge in [0.25, 0.3) is 5.91 Å². The highest BCUT2D eigenvalue weighted by Gasteiger charge is 2.28. The number of anilines is 1. The fourth-order valence-electron chi connectivity index (χ4n) is 2.41. The molecule has 0 radical (unpaired) electrons. The maximum absolute atomic E-state index is 12.1. The average molecular weight is 269 g/mol. The van der Waals surface area contributed by atoms with Gasteiger partial charge < -0.3 is 16.2 Å². The van der Waals surface area contributed by atoms with E-state index in [1.54, 1.807) is 18.2 Å². The van der Waals surface area contributed by atoms with Crippen molar-refractivity contribution in [3.63, 3.8) is 0 Å². The first kappa shape index (κ1) is 13.2. The molecule has 4 nitrogen and oxygen atoms in total. The molecule has 0 aromatic heterocycles. The summed E-state index contributed by atoms with van der Waals surface area (Å²) in [6.07, 6.45) is 2.89.